The molecule has 0 aromatic rings. The smallest absolute Gasteiger partial charge is 0.169 e. The third-order valence-electron chi connectivity index (χ3n) is 4.40. The van der Waals surface area contributed by atoms with Crippen LogP contribution < -0.4 is 0 Å². The van der Waals surface area contributed by atoms with E-state index in [9.17, 15) is 0 Å². The first kappa shape index (κ1) is 11.9. The van der Waals surface area contributed by atoms with Crippen LogP contribution in [0.3, 0.4) is 0 Å². The lowest BCUT2D eigenvalue weighted by Gasteiger charge is -2.23. The predicted octanol–water partition coefficient (Wildman–Crippen LogP) is 1.58. The Labute approximate surface area is 103 Å². The summed E-state index contributed by atoms with van der Waals surface area (Å²) in [5.41, 5.74) is 0. The first-order valence-electron chi connectivity index (χ1n) is 6.70. The van der Waals surface area contributed by atoms with Crippen molar-refractivity contribution >= 4 is 0 Å². The Kier molecular flexibility index (Phi) is 3.39. The summed E-state index contributed by atoms with van der Waals surface area (Å²) in [7, 11) is 1.71. The number of methoxy groups -OCH3 is 1. The molecular formula is C13H22O4. The highest BCUT2D eigenvalue weighted by Crippen LogP contribution is 2.52. The monoisotopic (exact) mass is 242 g/mol. The Bertz CT molecular complexity index is 246. The minimum absolute atomic E-state index is 0.215. The normalized spacial score (nSPS) is 39.0. The predicted molar refractivity (Wildman–Crippen MR) is 61.7 cm³/mol. The second kappa shape index (κ2) is 4.84. The summed E-state index contributed by atoms with van der Waals surface area (Å²) >= 11 is 0. The molecule has 1 saturated heterocycles. The van der Waals surface area contributed by atoms with Crippen LogP contribution in [0.25, 0.3) is 0 Å². The van der Waals surface area contributed by atoms with E-state index in [0.717, 1.165) is 44.5 Å². The largest absolute Gasteiger partial charge is 0.382 e. The zero-order valence-corrected chi connectivity index (χ0v) is 10.5. The van der Waals surface area contributed by atoms with E-state index >= 15 is 0 Å². The van der Waals surface area contributed by atoms with Crippen LogP contribution in [0, 0.1) is 11.8 Å². The molecule has 3 fully saturated rings. The van der Waals surface area contributed by atoms with Crippen molar-refractivity contribution in [1.82, 2.24) is 0 Å². The maximum Gasteiger partial charge on any atom is 0.169 e. The van der Waals surface area contributed by atoms with Crippen molar-refractivity contribution in [1.29, 1.82) is 0 Å². The molecule has 98 valence electrons. The zero-order chi connectivity index (χ0) is 11.7. The van der Waals surface area contributed by atoms with Gasteiger partial charge in [0.15, 0.2) is 5.79 Å². The van der Waals surface area contributed by atoms with Gasteiger partial charge in [-0.1, -0.05) is 0 Å². The highest BCUT2D eigenvalue weighted by Gasteiger charge is 2.52. The van der Waals surface area contributed by atoms with Crippen molar-refractivity contribution in [3.05, 3.63) is 0 Å². The van der Waals surface area contributed by atoms with Gasteiger partial charge in [0.2, 0.25) is 0 Å². The Hall–Kier alpha value is -0.160. The van der Waals surface area contributed by atoms with E-state index in [-0.39, 0.29) is 5.79 Å². The minimum atomic E-state index is -0.215. The lowest BCUT2D eigenvalue weighted by Crippen LogP contribution is -2.28. The molecule has 2 aliphatic carbocycles. The number of hydrogen-bond donors (Lipinski definition) is 0. The van der Waals surface area contributed by atoms with E-state index in [2.05, 4.69) is 0 Å². The fraction of sp³-hybridized carbons (Fsp3) is 1.00. The fourth-order valence-electron chi connectivity index (χ4n) is 3.71. The van der Waals surface area contributed by atoms with Gasteiger partial charge in [-0.3, -0.25) is 0 Å². The average Bonchev–Trinajstić information content (AvgIpc) is 2.95. The van der Waals surface area contributed by atoms with Gasteiger partial charge in [-0.15, -0.1) is 0 Å². The van der Waals surface area contributed by atoms with Crippen molar-refractivity contribution in [2.24, 2.45) is 11.8 Å². The number of rotatable bonds is 4. The number of fused-ring (bicyclic) bond motifs is 1. The van der Waals surface area contributed by atoms with E-state index in [1.807, 2.05) is 0 Å². The van der Waals surface area contributed by atoms with Gasteiger partial charge >= 0.3 is 0 Å². The molecule has 3 rings (SSSR count). The fourth-order valence-corrected chi connectivity index (χ4v) is 3.71. The second-order valence-corrected chi connectivity index (χ2v) is 5.49. The van der Waals surface area contributed by atoms with Gasteiger partial charge in [-0.25, -0.2) is 0 Å². The topological polar surface area (TPSA) is 36.9 Å². The average molecular weight is 242 g/mol. The van der Waals surface area contributed by atoms with Gasteiger partial charge in [-0.2, -0.15) is 0 Å². The molecule has 0 bridgehead atoms. The molecule has 1 spiro atoms. The molecule has 17 heavy (non-hydrogen) atoms. The Morgan fingerprint density at radius 3 is 2.29 bits per heavy atom. The summed E-state index contributed by atoms with van der Waals surface area (Å²) < 4.78 is 22.4. The Morgan fingerprint density at radius 2 is 1.71 bits per heavy atom. The molecule has 2 unspecified atom stereocenters. The van der Waals surface area contributed by atoms with Crippen molar-refractivity contribution in [2.45, 2.75) is 37.6 Å². The van der Waals surface area contributed by atoms with Crippen molar-refractivity contribution in [3.63, 3.8) is 0 Å². The molecule has 0 radical (unpaired) electrons. The third-order valence-corrected chi connectivity index (χ3v) is 4.40. The molecule has 2 atom stereocenters. The van der Waals surface area contributed by atoms with Gasteiger partial charge in [0.1, 0.15) is 0 Å². The summed E-state index contributed by atoms with van der Waals surface area (Å²) in [6.45, 7) is 2.96. The lowest BCUT2D eigenvalue weighted by atomic mass is 10.0. The zero-order valence-electron chi connectivity index (χ0n) is 10.5. The summed E-state index contributed by atoms with van der Waals surface area (Å²) in [5.74, 6) is 1.26. The first-order valence-corrected chi connectivity index (χ1v) is 6.70. The molecule has 4 nitrogen and oxygen atoms in total. The quantitative estimate of drug-likeness (QED) is 0.701. The first-order chi connectivity index (χ1) is 8.31. The van der Waals surface area contributed by atoms with Crippen LogP contribution in [0.2, 0.25) is 0 Å². The lowest BCUT2D eigenvalue weighted by molar-refractivity contribution is -0.157. The van der Waals surface area contributed by atoms with Crippen LogP contribution in [0.1, 0.15) is 25.7 Å². The standard InChI is InChI=1S/C13H22O4/c1-14-2-3-15-12-6-10-8-13(9-11(10)7-12)16-4-5-17-13/h10-12H,2-9H2,1H3. The third kappa shape index (κ3) is 2.36. The van der Waals surface area contributed by atoms with Crippen molar-refractivity contribution in [3.8, 4) is 0 Å². The minimum Gasteiger partial charge on any atom is -0.382 e. The Morgan fingerprint density at radius 1 is 1.06 bits per heavy atom. The number of hydrogen-bond acceptors (Lipinski definition) is 4. The van der Waals surface area contributed by atoms with Gasteiger partial charge in [0, 0.05) is 20.0 Å². The van der Waals surface area contributed by atoms with E-state index in [1.165, 1.54) is 12.8 Å². The van der Waals surface area contributed by atoms with Crippen LogP contribution in [0.15, 0.2) is 0 Å². The molecule has 0 aromatic carbocycles. The Balaban J connectivity index is 1.48. The molecule has 4 heteroatoms. The molecule has 2 saturated carbocycles. The van der Waals surface area contributed by atoms with E-state index in [4.69, 9.17) is 18.9 Å². The second-order valence-electron chi connectivity index (χ2n) is 5.49. The maximum absolute atomic E-state index is 5.82. The highest BCUT2D eigenvalue weighted by molar-refractivity contribution is 4.97. The van der Waals surface area contributed by atoms with Crippen LogP contribution in [-0.4, -0.2) is 45.4 Å². The van der Waals surface area contributed by atoms with E-state index in [1.54, 1.807) is 7.11 Å². The van der Waals surface area contributed by atoms with Crippen LogP contribution in [0.4, 0.5) is 0 Å². The SMILES string of the molecule is COCCOC1CC2CC3(CC2C1)OCCO3. The molecule has 0 aromatic heterocycles. The molecule has 1 heterocycles. The van der Waals surface area contributed by atoms with Crippen molar-refractivity contribution < 1.29 is 18.9 Å². The molecule has 1 aliphatic heterocycles. The van der Waals surface area contributed by atoms with Gasteiger partial charge in [-0.05, 0) is 24.7 Å². The molecule has 0 amide bonds. The van der Waals surface area contributed by atoms with Crippen LogP contribution in [-0.2, 0) is 18.9 Å². The summed E-state index contributed by atoms with van der Waals surface area (Å²) in [5, 5.41) is 0. The summed E-state index contributed by atoms with van der Waals surface area (Å²) in [4.78, 5) is 0. The van der Waals surface area contributed by atoms with Gasteiger partial charge < -0.3 is 18.9 Å². The summed E-state index contributed by atoms with van der Waals surface area (Å²) in [6, 6.07) is 0. The van der Waals surface area contributed by atoms with Crippen LogP contribution in [0.5, 0.6) is 0 Å². The van der Waals surface area contributed by atoms with E-state index in [0.29, 0.717) is 12.7 Å². The summed E-state index contributed by atoms with van der Waals surface area (Å²) in [6.07, 6.45) is 4.91. The maximum atomic E-state index is 5.82. The van der Waals surface area contributed by atoms with Crippen LogP contribution >= 0.6 is 0 Å². The molecular weight excluding hydrogens is 220 g/mol. The van der Waals surface area contributed by atoms with Crippen molar-refractivity contribution in [2.75, 3.05) is 33.5 Å². The van der Waals surface area contributed by atoms with Gasteiger partial charge in [0.05, 0.1) is 32.5 Å². The molecule has 0 N–H and O–H groups in total. The highest BCUT2D eigenvalue weighted by atomic mass is 16.7. The van der Waals surface area contributed by atoms with E-state index < -0.39 is 0 Å². The number of ether oxygens (including phenoxy) is 4. The van der Waals surface area contributed by atoms with Gasteiger partial charge in [0.25, 0.3) is 0 Å². The molecule has 3 aliphatic rings.